The summed E-state index contributed by atoms with van der Waals surface area (Å²) < 4.78 is 0. The fraction of sp³-hybridized carbons (Fsp3) is 0.692. The zero-order valence-electron chi connectivity index (χ0n) is 11.1. The van der Waals surface area contributed by atoms with Crippen LogP contribution in [0.1, 0.15) is 44.0 Å². The molecule has 2 heterocycles. The van der Waals surface area contributed by atoms with Crippen molar-refractivity contribution in [3.8, 4) is 0 Å². The molecule has 5 heteroatoms. The van der Waals surface area contributed by atoms with Crippen molar-refractivity contribution in [1.82, 2.24) is 15.2 Å². The van der Waals surface area contributed by atoms with Crippen LogP contribution >= 0.6 is 11.3 Å². The first-order chi connectivity index (χ1) is 8.70. The van der Waals surface area contributed by atoms with Crippen LogP contribution in [0.4, 0.5) is 4.79 Å². The molecule has 4 nitrogen and oxygen atoms in total. The molecule has 2 amide bonds. The molecule has 1 atom stereocenters. The lowest BCUT2D eigenvalue weighted by atomic mass is 9.98. The predicted octanol–water partition coefficient (Wildman–Crippen LogP) is 2.83. The van der Waals surface area contributed by atoms with Crippen molar-refractivity contribution in [2.45, 2.75) is 45.1 Å². The van der Waals surface area contributed by atoms with Gasteiger partial charge in [0.15, 0.2) is 0 Å². The monoisotopic (exact) mass is 267 g/mol. The Morgan fingerprint density at radius 3 is 2.89 bits per heavy atom. The molecular formula is C13H21N3OS. The SMILES string of the molecule is CCC(C)NC(=O)N1CCC(c2nccs2)CC1. The van der Waals surface area contributed by atoms with Crippen molar-refractivity contribution in [2.75, 3.05) is 13.1 Å². The van der Waals surface area contributed by atoms with E-state index in [0.29, 0.717) is 5.92 Å². The minimum atomic E-state index is 0.0851. The third kappa shape index (κ3) is 3.22. The number of amides is 2. The van der Waals surface area contributed by atoms with Crippen LogP contribution in [0.25, 0.3) is 0 Å². The van der Waals surface area contributed by atoms with E-state index in [4.69, 9.17) is 0 Å². The number of rotatable bonds is 3. The zero-order chi connectivity index (χ0) is 13.0. The second kappa shape index (κ2) is 6.18. The number of nitrogens with one attached hydrogen (secondary N) is 1. The molecule has 1 aromatic rings. The Bertz CT molecular complexity index is 372. The van der Waals surface area contributed by atoms with Crippen molar-refractivity contribution in [3.05, 3.63) is 16.6 Å². The lowest BCUT2D eigenvalue weighted by Crippen LogP contribution is -2.46. The molecule has 1 saturated heterocycles. The van der Waals surface area contributed by atoms with E-state index in [9.17, 15) is 4.79 Å². The van der Waals surface area contributed by atoms with Gasteiger partial charge in [-0.1, -0.05) is 6.92 Å². The number of urea groups is 1. The maximum atomic E-state index is 12.0. The molecule has 0 aliphatic carbocycles. The second-order valence-electron chi connectivity index (χ2n) is 4.89. The van der Waals surface area contributed by atoms with Crippen molar-refractivity contribution in [1.29, 1.82) is 0 Å². The lowest BCUT2D eigenvalue weighted by Gasteiger charge is -2.32. The highest BCUT2D eigenvalue weighted by atomic mass is 32.1. The van der Waals surface area contributed by atoms with Crippen LogP contribution < -0.4 is 5.32 Å². The summed E-state index contributed by atoms with van der Waals surface area (Å²) in [6.45, 7) is 5.80. The Morgan fingerprint density at radius 1 is 1.61 bits per heavy atom. The van der Waals surface area contributed by atoms with E-state index in [1.165, 1.54) is 5.01 Å². The summed E-state index contributed by atoms with van der Waals surface area (Å²) in [5, 5.41) is 6.27. The Morgan fingerprint density at radius 2 is 2.33 bits per heavy atom. The van der Waals surface area contributed by atoms with Gasteiger partial charge in [0, 0.05) is 36.6 Å². The molecule has 1 fully saturated rings. The van der Waals surface area contributed by atoms with Crippen LogP contribution in [-0.4, -0.2) is 35.0 Å². The Balaban J connectivity index is 1.81. The van der Waals surface area contributed by atoms with Crippen LogP contribution in [0, 0.1) is 0 Å². The van der Waals surface area contributed by atoms with E-state index in [0.717, 1.165) is 32.4 Å². The van der Waals surface area contributed by atoms with Gasteiger partial charge < -0.3 is 10.2 Å². The van der Waals surface area contributed by atoms with Gasteiger partial charge in [0.25, 0.3) is 0 Å². The average molecular weight is 267 g/mol. The molecule has 1 aliphatic heterocycles. The molecule has 0 spiro atoms. The van der Waals surface area contributed by atoms with Gasteiger partial charge in [-0.25, -0.2) is 9.78 Å². The number of hydrogen-bond donors (Lipinski definition) is 1. The Hall–Kier alpha value is -1.10. The summed E-state index contributed by atoms with van der Waals surface area (Å²) in [6.07, 6.45) is 4.90. The molecule has 0 saturated carbocycles. The highest BCUT2D eigenvalue weighted by molar-refractivity contribution is 7.09. The number of nitrogens with zero attached hydrogens (tertiary/aromatic N) is 2. The smallest absolute Gasteiger partial charge is 0.317 e. The number of thiazole rings is 1. The fourth-order valence-electron chi connectivity index (χ4n) is 2.17. The van der Waals surface area contributed by atoms with Crippen LogP contribution in [-0.2, 0) is 0 Å². The largest absolute Gasteiger partial charge is 0.336 e. The number of carbonyl (C=O) groups is 1. The molecular weight excluding hydrogens is 246 g/mol. The van der Waals surface area contributed by atoms with Crippen LogP contribution in [0.2, 0.25) is 0 Å². The maximum Gasteiger partial charge on any atom is 0.317 e. The molecule has 18 heavy (non-hydrogen) atoms. The van der Waals surface area contributed by atoms with Gasteiger partial charge in [-0.05, 0) is 26.2 Å². The van der Waals surface area contributed by atoms with Gasteiger partial charge in [0.05, 0.1) is 5.01 Å². The summed E-state index contributed by atoms with van der Waals surface area (Å²) in [5.74, 6) is 0.539. The Kier molecular flexibility index (Phi) is 4.58. The summed E-state index contributed by atoms with van der Waals surface area (Å²) in [4.78, 5) is 18.3. The first kappa shape index (κ1) is 13.3. The number of likely N-dealkylation sites (tertiary alicyclic amines) is 1. The topological polar surface area (TPSA) is 45.2 Å². The van der Waals surface area contributed by atoms with E-state index in [-0.39, 0.29) is 12.1 Å². The second-order valence-corrected chi connectivity index (χ2v) is 5.82. The summed E-state index contributed by atoms with van der Waals surface area (Å²) in [5.41, 5.74) is 0. The van der Waals surface area contributed by atoms with Gasteiger partial charge in [-0.15, -0.1) is 11.3 Å². The van der Waals surface area contributed by atoms with Gasteiger partial charge in [-0.3, -0.25) is 0 Å². The van der Waals surface area contributed by atoms with Crippen molar-refractivity contribution in [3.63, 3.8) is 0 Å². The first-order valence-corrected chi connectivity index (χ1v) is 7.53. The quantitative estimate of drug-likeness (QED) is 0.915. The summed E-state index contributed by atoms with van der Waals surface area (Å²) in [6, 6.07) is 0.344. The van der Waals surface area contributed by atoms with Gasteiger partial charge in [0.2, 0.25) is 0 Å². The van der Waals surface area contributed by atoms with Crippen molar-refractivity contribution < 1.29 is 4.79 Å². The average Bonchev–Trinajstić information content (AvgIpc) is 2.92. The third-order valence-corrected chi connectivity index (χ3v) is 4.50. The number of piperidine rings is 1. The number of aromatic nitrogens is 1. The van der Waals surface area contributed by atoms with E-state index in [1.54, 1.807) is 11.3 Å². The molecule has 1 N–H and O–H groups in total. The Labute approximate surface area is 112 Å². The molecule has 1 unspecified atom stereocenters. The minimum Gasteiger partial charge on any atom is -0.336 e. The van der Waals surface area contributed by atoms with E-state index in [2.05, 4.69) is 17.2 Å². The molecule has 1 aromatic heterocycles. The van der Waals surface area contributed by atoms with Crippen LogP contribution in [0.3, 0.4) is 0 Å². The van der Waals surface area contributed by atoms with Crippen molar-refractivity contribution in [2.24, 2.45) is 0 Å². The van der Waals surface area contributed by atoms with E-state index >= 15 is 0 Å². The first-order valence-electron chi connectivity index (χ1n) is 6.65. The molecule has 0 bridgehead atoms. The molecule has 1 aliphatic rings. The normalized spacial score (nSPS) is 18.7. The van der Waals surface area contributed by atoms with Crippen LogP contribution in [0.15, 0.2) is 11.6 Å². The summed E-state index contributed by atoms with van der Waals surface area (Å²) in [7, 11) is 0. The molecule has 0 radical (unpaired) electrons. The third-order valence-electron chi connectivity index (χ3n) is 3.57. The van der Waals surface area contributed by atoms with Gasteiger partial charge in [0.1, 0.15) is 0 Å². The number of hydrogen-bond acceptors (Lipinski definition) is 3. The van der Waals surface area contributed by atoms with E-state index < -0.39 is 0 Å². The predicted molar refractivity (Wildman–Crippen MR) is 73.9 cm³/mol. The van der Waals surface area contributed by atoms with Crippen LogP contribution in [0.5, 0.6) is 0 Å². The molecule has 2 rings (SSSR count). The minimum absolute atomic E-state index is 0.0851. The maximum absolute atomic E-state index is 12.0. The molecule has 100 valence electrons. The highest BCUT2D eigenvalue weighted by Crippen LogP contribution is 2.29. The molecule has 0 aromatic carbocycles. The van der Waals surface area contributed by atoms with Gasteiger partial charge in [-0.2, -0.15) is 0 Å². The lowest BCUT2D eigenvalue weighted by molar-refractivity contribution is 0.178. The summed E-state index contributed by atoms with van der Waals surface area (Å²) >= 11 is 1.72. The highest BCUT2D eigenvalue weighted by Gasteiger charge is 2.25. The number of carbonyl (C=O) groups excluding carboxylic acids is 1. The standard InChI is InChI=1S/C13H21N3OS/c1-3-10(2)15-13(17)16-7-4-11(5-8-16)12-14-6-9-18-12/h6,9-11H,3-5,7-8H2,1-2H3,(H,15,17). The zero-order valence-corrected chi connectivity index (χ0v) is 11.9. The van der Waals surface area contributed by atoms with Gasteiger partial charge >= 0.3 is 6.03 Å². The van der Waals surface area contributed by atoms with Crippen molar-refractivity contribution >= 4 is 17.4 Å². The van der Waals surface area contributed by atoms with E-state index in [1.807, 2.05) is 23.4 Å². The fourth-order valence-corrected chi connectivity index (χ4v) is 2.98.